The lowest BCUT2D eigenvalue weighted by Gasteiger charge is -2.26. The zero-order valence-electron chi connectivity index (χ0n) is 11.8. The molecule has 19 heavy (non-hydrogen) atoms. The number of hydrogen-bond acceptors (Lipinski definition) is 4. The number of ether oxygens (including phenoxy) is 1. The number of unbranched alkanes of at least 4 members (excludes halogenated alkanes) is 1. The second kappa shape index (κ2) is 7.81. The molecule has 6 nitrogen and oxygen atoms in total. The fourth-order valence-electron chi connectivity index (χ4n) is 1.88. The van der Waals surface area contributed by atoms with Crippen molar-refractivity contribution in [2.45, 2.75) is 26.2 Å². The Kier molecular flexibility index (Phi) is 6.74. The maximum atomic E-state index is 12.0. The Morgan fingerprint density at radius 1 is 1.32 bits per heavy atom. The molecular weight excluding hydrogens is 268 g/mol. The summed E-state index contributed by atoms with van der Waals surface area (Å²) in [6.45, 7) is 4.39. The van der Waals surface area contributed by atoms with Gasteiger partial charge in [0.15, 0.2) is 0 Å². The van der Waals surface area contributed by atoms with Crippen molar-refractivity contribution in [3.63, 3.8) is 0 Å². The summed E-state index contributed by atoms with van der Waals surface area (Å²) in [6.07, 6.45) is 2.02. The highest BCUT2D eigenvalue weighted by Gasteiger charge is 2.25. The average molecular weight is 292 g/mol. The summed E-state index contributed by atoms with van der Waals surface area (Å²) in [5, 5.41) is 0. The van der Waals surface area contributed by atoms with Gasteiger partial charge >= 0.3 is 0 Å². The Morgan fingerprint density at radius 3 is 2.53 bits per heavy atom. The minimum absolute atomic E-state index is 0.0555. The fraction of sp³-hybridized carbons (Fsp3) is 0.917. The van der Waals surface area contributed by atoms with Crippen molar-refractivity contribution in [3.8, 4) is 0 Å². The summed E-state index contributed by atoms with van der Waals surface area (Å²) in [5.41, 5.74) is 0. The molecule has 0 radical (unpaired) electrons. The van der Waals surface area contributed by atoms with E-state index in [0.29, 0.717) is 32.8 Å². The molecule has 0 aromatic heterocycles. The van der Waals surface area contributed by atoms with Gasteiger partial charge in [0, 0.05) is 33.1 Å². The largest absolute Gasteiger partial charge is 0.379 e. The van der Waals surface area contributed by atoms with Gasteiger partial charge in [0.1, 0.15) is 0 Å². The Bertz CT molecular complexity index is 377. The lowest BCUT2D eigenvalue weighted by molar-refractivity contribution is -0.129. The van der Waals surface area contributed by atoms with Crippen LogP contribution in [0.4, 0.5) is 0 Å². The van der Waals surface area contributed by atoms with Crippen molar-refractivity contribution in [1.82, 2.24) is 9.21 Å². The average Bonchev–Trinajstić information content (AvgIpc) is 2.43. The maximum Gasteiger partial charge on any atom is 0.223 e. The van der Waals surface area contributed by atoms with Gasteiger partial charge in [-0.05, 0) is 6.42 Å². The van der Waals surface area contributed by atoms with Crippen LogP contribution in [-0.4, -0.2) is 69.2 Å². The highest BCUT2D eigenvalue weighted by molar-refractivity contribution is 7.89. The van der Waals surface area contributed by atoms with Gasteiger partial charge in [-0.15, -0.1) is 0 Å². The quantitative estimate of drug-likeness (QED) is 0.677. The van der Waals surface area contributed by atoms with Gasteiger partial charge < -0.3 is 9.64 Å². The van der Waals surface area contributed by atoms with E-state index in [0.717, 1.165) is 12.8 Å². The van der Waals surface area contributed by atoms with E-state index in [1.54, 1.807) is 11.9 Å². The lowest BCUT2D eigenvalue weighted by Crippen LogP contribution is -2.42. The summed E-state index contributed by atoms with van der Waals surface area (Å²) in [5.74, 6) is -0.215. The van der Waals surface area contributed by atoms with Gasteiger partial charge in [0.2, 0.25) is 15.9 Å². The maximum absolute atomic E-state index is 12.0. The van der Waals surface area contributed by atoms with Crippen LogP contribution in [0.3, 0.4) is 0 Å². The van der Waals surface area contributed by atoms with Crippen LogP contribution in [-0.2, 0) is 19.6 Å². The van der Waals surface area contributed by atoms with Gasteiger partial charge in [0.25, 0.3) is 0 Å². The summed E-state index contributed by atoms with van der Waals surface area (Å²) < 4.78 is 30.6. The van der Waals surface area contributed by atoms with Crippen molar-refractivity contribution >= 4 is 15.9 Å². The third-order valence-corrected chi connectivity index (χ3v) is 5.08. The van der Waals surface area contributed by atoms with Gasteiger partial charge in [-0.25, -0.2) is 8.42 Å². The third kappa shape index (κ3) is 5.46. The molecule has 1 amide bonds. The Labute approximate surface area is 115 Å². The van der Waals surface area contributed by atoms with Crippen LogP contribution >= 0.6 is 0 Å². The van der Waals surface area contributed by atoms with E-state index >= 15 is 0 Å². The van der Waals surface area contributed by atoms with Crippen LogP contribution in [0.1, 0.15) is 26.2 Å². The Morgan fingerprint density at radius 2 is 1.95 bits per heavy atom. The number of carbonyl (C=O) groups excluding carboxylic acids is 1. The SMILES string of the molecule is CCCCN(C)C(=O)CCS(=O)(=O)N1CCOCC1. The molecule has 1 rings (SSSR count). The molecule has 0 N–H and O–H groups in total. The molecule has 1 aliphatic rings. The molecule has 0 bridgehead atoms. The first-order chi connectivity index (χ1) is 8.97. The first-order valence-corrected chi connectivity index (χ1v) is 8.38. The monoisotopic (exact) mass is 292 g/mol. The topological polar surface area (TPSA) is 66.9 Å². The molecule has 0 spiro atoms. The zero-order valence-corrected chi connectivity index (χ0v) is 12.6. The van der Waals surface area contributed by atoms with Gasteiger partial charge in [-0.1, -0.05) is 13.3 Å². The van der Waals surface area contributed by atoms with E-state index in [1.165, 1.54) is 4.31 Å². The number of nitrogens with zero attached hydrogens (tertiary/aromatic N) is 2. The van der Waals surface area contributed by atoms with Crippen molar-refractivity contribution < 1.29 is 17.9 Å². The smallest absolute Gasteiger partial charge is 0.223 e. The minimum atomic E-state index is -3.33. The summed E-state index contributed by atoms with van der Waals surface area (Å²) in [7, 11) is -1.61. The van der Waals surface area contributed by atoms with Crippen molar-refractivity contribution in [2.75, 3.05) is 45.6 Å². The van der Waals surface area contributed by atoms with E-state index < -0.39 is 10.0 Å². The highest BCUT2D eigenvalue weighted by Crippen LogP contribution is 2.08. The molecule has 7 heteroatoms. The second-order valence-electron chi connectivity index (χ2n) is 4.75. The van der Waals surface area contributed by atoms with Crippen LogP contribution < -0.4 is 0 Å². The number of sulfonamides is 1. The predicted molar refractivity (Wildman–Crippen MR) is 73.3 cm³/mol. The predicted octanol–water partition coefficient (Wildman–Crippen LogP) is 0.297. The molecule has 1 aliphatic heterocycles. The Hall–Kier alpha value is -0.660. The van der Waals surface area contributed by atoms with Crippen molar-refractivity contribution in [3.05, 3.63) is 0 Å². The fourth-order valence-corrected chi connectivity index (χ4v) is 3.28. The van der Waals surface area contributed by atoms with Crippen LogP contribution in [0.25, 0.3) is 0 Å². The van der Waals surface area contributed by atoms with Gasteiger partial charge in [-0.2, -0.15) is 4.31 Å². The van der Waals surface area contributed by atoms with E-state index in [2.05, 4.69) is 6.92 Å². The lowest BCUT2D eigenvalue weighted by atomic mass is 10.3. The van der Waals surface area contributed by atoms with Gasteiger partial charge in [0.05, 0.1) is 19.0 Å². The Balaban J connectivity index is 2.39. The van der Waals surface area contributed by atoms with Crippen LogP contribution in [0.15, 0.2) is 0 Å². The van der Waals surface area contributed by atoms with E-state index in [4.69, 9.17) is 4.74 Å². The molecule has 0 aromatic rings. The molecule has 1 fully saturated rings. The van der Waals surface area contributed by atoms with Crippen molar-refractivity contribution in [1.29, 1.82) is 0 Å². The normalized spacial score (nSPS) is 17.4. The second-order valence-corrected chi connectivity index (χ2v) is 6.83. The number of hydrogen-bond donors (Lipinski definition) is 0. The van der Waals surface area contributed by atoms with Crippen LogP contribution in [0, 0.1) is 0 Å². The van der Waals surface area contributed by atoms with Gasteiger partial charge in [-0.3, -0.25) is 4.79 Å². The molecule has 0 unspecified atom stereocenters. The highest BCUT2D eigenvalue weighted by atomic mass is 32.2. The van der Waals surface area contributed by atoms with Crippen LogP contribution in [0.5, 0.6) is 0 Å². The first kappa shape index (κ1) is 16.4. The molecule has 112 valence electrons. The zero-order chi connectivity index (χ0) is 14.3. The molecule has 0 atom stereocenters. The van der Waals surface area contributed by atoms with Crippen LogP contribution in [0.2, 0.25) is 0 Å². The summed E-state index contributed by atoms with van der Waals surface area (Å²) in [4.78, 5) is 13.4. The first-order valence-electron chi connectivity index (χ1n) is 6.77. The number of rotatable bonds is 7. The molecule has 0 aliphatic carbocycles. The molecular formula is C12H24N2O4S. The molecule has 1 heterocycles. The minimum Gasteiger partial charge on any atom is -0.379 e. The third-order valence-electron chi connectivity index (χ3n) is 3.21. The molecule has 1 saturated heterocycles. The summed E-state index contributed by atoms with van der Waals surface area (Å²) in [6, 6.07) is 0. The summed E-state index contributed by atoms with van der Waals surface area (Å²) >= 11 is 0. The number of morpholine rings is 1. The van der Waals surface area contributed by atoms with E-state index in [9.17, 15) is 13.2 Å². The van der Waals surface area contributed by atoms with E-state index in [1.807, 2.05) is 0 Å². The standard InChI is InChI=1S/C12H24N2O4S/c1-3-4-6-13(2)12(15)5-11-19(16,17)14-7-9-18-10-8-14/h3-11H2,1-2H3. The number of carbonyl (C=O) groups is 1. The van der Waals surface area contributed by atoms with E-state index in [-0.39, 0.29) is 18.1 Å². The van der Waals surface area contributed by atoms with Crippen molar-refractivity contribution in [2.24, 2.45) is 0 Å². The molecule has 0 saturated carbocycles. The molecule has 0 aromatic carbocycles. The number of amides is 1.